The lowest BCUT2D eigenvalue weighted by Gasteiger charge is -2.11. The van der Waals surface area contributed by atoms with Crippen LogP contribution in [-0.2, 0) is 14.9 Å². The minimum atomic E-state index is -4.19. The molecule has 72 valence electrons. The van der Waals surface area contributed by atoms with E-state index >= 15 is 0 Å². The predicted molar refractivity (Wildman–Crippen MR) is 43.3 cm³/mol. The van der Waals surface area contributed by atoms with Gasteiger partial charge in [-0.05, 0) is 6.42 Å². The van der Waals surface area contributed by atoms with Crippen LogP contribution in [-0.4, -0.2) is 30.1 Å². The van der Waals surface area contributed by atoms with Crippen LogP contribution in [0, 0.1) is 0 Å². The minimum absolute atomic E-state index is 0.117. The highest BCUT2D eigenvalue weighted by atomic mass is 32.2. The number of aliphatic hydroxyl groups excluding tert-OH is 1. The maximum Gasteiger partial charge on any atom is 0.292 e. The van der Waals surface area contributed by atoms with E-state index in [0.717, 1.165) is 0 Å². The largest absolute Gasteiger partial charge is 0.510 e. The average molecular weight is 196 g/mol. The smallest absolute Gasteiger partial charge is 0.292 e. The molecule has 0 radical (unpaired) electrons. The van der Waals surface area contributed by atoms with Gasteiger partial charge in [-0.3, -0.25) is 4.55 Å². The molecule has 1 atom stereocenters. The second-order valence-electron chi connectivity index (χ2n) is 2.23. The molecule has 0 aromatic rings. The van der Waals surface area contributed by atoms with Gasteiger partial charge < -0.3 is 9.84 Å². The molecule has 0 aliphatic rings. The SMILES string of the molecule is C=C(O)COC(CC)S(=O)(=O)O. The maximum absolute atomic E-state index is 10.5. The standard InChI is InChI=1S/C6H12O5S/c1-3-6(12(8,9)10)11-4-5(2)7/h6-7H,2-4H2,1H3,(H,8,9,10). The van der Waals surface area contributed by atoms with E-state index in [0.29, 0.717) is 0 Å². The van der Waals surface area contributed by atoms with Gasteiger partial charge in [-0.1, -0.05) is 13.5 Å². The Hall–Kier alpha value is -0.590. The highest BCUT2D eigenvalue weighted by Crippen LogP contribution is 2.06. The Morgan fingerprint density at radius 1 is 1.67 bits per heavy atom. The van der Waals surface area contributed by atoms with E-state index in [1.54, 1.807) is 6.92 Å². The van der Waals surface area contributed by atoms with E-state index in [9.17, 15) is 8.42 Å². The number of hydrogen-bond donors (Lipinski definition) is 2. The number of ether oxygens (including phenoxy) is 1. The lowest BCUT2D eigenvalue weighted by atomic mass is 10.5. The molecule has 0 aromatic carbocycles. The topological polar surface area (TPSA) is 83.8 Å². The molecule has 5 nitrogen and oxygen atoms in total. The fraction of sp³-hybridized carbons (Fsp3) is 0.667. The van der Waals surface area contributed by atoms with E-state index in [1.807, 2.05) is 0 Å². The van der Waals surface area contributed by atoms with Gasteiger partial charge in [0.2, 0.25) is 0 Å². The monoisotopic (exact) mass is 196 g/mol. The molecule has 0 aromatic heterocycles. The van der Waals surface area contributed by atoms with Crippen molar-refractivity contribution in [2.75, 3.05) is 6.61 Å². The third-order valence-electron chi connectivity index (χ3n) is 1.10. The molecular formula is C6H12O5S. The van der Waals surface area contributed by atoms with Crippen LogP contribution in [0.5, 0.6) is 0 Å². The van der Waals surface area contributed by atoms with Crippen molar-refractivity contribution in [2.45, 2.75) is 18.8 Å². The van der Waals surface area contributed by atoms with Crippen LogP contribution in [0.4, 0.5) is 0 Å². The van der Waals surface area contributed by atoms with E-state index in [1.165, 1.54) is 0 Å². The molecule has 0 bridgehead atoms. The Bertz CT molecular complexity index is 243. The van der Waals surface area contributed by atoms with Crippen LogP contribution in [0.1, 0.15) is 13.3 Å². The lowest BCUT2D eigenvalue weighted by molar-refractivity contribution is 0.0940. The van der Waals surface area contributed by atoms with Gasteiger partial charge in [0.1, 0.15) is 12.4 Å². The first kappa shape index (κ1) is 11.4. The van der Waals surface area contributed by atoms with Crippen molar-refractivity contribution in [1.82, 2.24) is 0 Å². The fourth-order valence-corrected chi connectivity index (χ4v) is 1.26. The maximum atomic E-state index is 10.5. The summed E-state index contributed by atoms with van der Waals surface area (Å²) < 4.78 is 34.1. The summed E-state index contributed by atoms with van der Waals surface area (Å²) in [7, 11) is -4.19. The molecule has 0 spiro atoms. The van der Waals surface area contributed by atoms with Crippen molar-refractivity contribution in [1.29, 1.82) is 0 Å². The molecule has 0 aliphatic heterocycles. The summed E-state index contributed by atoms with van der Waals surface area (Å²) in [6.45, 7) is 4.34. The Morgan fingerprint density at radius 2 is 2.17 bits per heavy atom. The van der Waals surface area contributed by atoms with Gasteiger partial charge in [0, 0.05) is 0 Å². The summed E-state index contributed by atoms with van der Waals surface area (Å²) in [5.74, 6) is -0.280. The molecule has 0 amide bonds. The number of rotatable bonds is 5. The molecular weight excluding hydrogens is 184 g/mol. The number of hydrogen-bond acceptors (Lipinski definition) is 4. The summed E-state index contributed by atoms with van der Waals surface area (Å²) in [5.41, 5.74) is -1.29. The first-order valence-corrected chi connectivity index (χ1v) is 4.83. The van der Waals surface area contributed by atoms with Crippen molar-refractivity contribution < 1.29 is 22.8 Å². The minimum Gasteiger partial charge on any atom is -0.510 e. The summed E-state index contributed by atoms with van der Waals surface area (Å²) >= 11 is 0. The molecule has 0 rings (SSSR count). The molecule has 0 saturated carbocycles. The zero-order valence-electron chi connectivity index (χ0n) is 6.73. The predicted octanol–water partition coefficient (Wildman–Crippen LogP) is 0.699. The summed E-state index contributed by atoms with van der Waals surface area (Å²) in [6, 6.07) is 0. The fourth-order valence-electron chi connectivity index (χ4n) is 0.604. The summed E-state index contributed by atoms with van der Waals surface area (Å²) in [6.07, 6.45) is 0.117. The Kier molecular flexibility index (Phi) is 4.22. The normalized spacial score (nSPS) is 14.2. The molecule has 12 heavy (non-hydrogen) atoms. The van der Waals surface area contributed by atoms with Gasteiger partial charge in [0.15, 0.2) is 5.44 Å². The van der Waals surface area contributed by atoms with Crippen molar-refractivity contribution in [3.63, 3.8) is 0 Å². The molecule has 6 heteroatoms. The molecule has 0 fully saturated rings. The third-order valence-corrected chi connectivity index (χ3v) is 2.24. The van der Waals surface area contributed by atoms with Gasteiger partial charge in [-0.25, -0.2) is 0 Å². The Balaban J connectivity index is 4.11. The zero-order chi connectivity index (χ0) is 9.78. The van der Waals surface area contributed by atoms with Crippen molar-refractivity contribution in [3.05, 3.63) is 12.3 Å². The summed E-state index contributed by atoms with van der Waals surface area (Å²) in [4.78, 5) is 0. The number of aliphatic hydroxyl groups is 1. The summed E-state index contributed by atoms with van der Waals surface area (Å²) in [5, 5.41) is 8.57. The van der Waals surface area contributed by atoms with Crippen LogP contribution in [0.25, 0.3) is 0 Å². The van der Waals surface area contributed by atoms with Crippen LogP contribution in [0.15, 0.2) is 12.3 Å². The molecule has 0 heterocycles. The molecule has 0 saturated heterocycles. The van der Waals surface area contributed by atoms with Crippen LogP contribution in [0.3, 0.4) is 0 Å². The van der Waals surface area contributed by atoms with Crippen LogP contribution in [0.2, 0.25) is 0 Å². The molecule has 0 aliphatic carbocycles. The van der Waals surface area contributed by atoms with Crippen molar-refractivity contribution >= 4 is 10.1 Å². The van der Waals surface area contributed by atoms with Gasteiger partial charge in [-0.2, -0.15) is 8.42 Å². The highest BCUT2D eigenvalue weighted by molar-refractivity contribution is 7.86. The first-order valence-electron chi connectivity index (χ1n) is 3.32. The second-order valence-corrected chi connectivity index (χ2v) is 3.79. The van der Waals surface area contributed by atoms with E-state index < -0.39 is 15.6 Å². The quantitative estimate of drug-likeness (QED) is 0.499. The Labute approximate surface area is 71.4 Å². The van der Waals surface area contributed by atoms with Crippen LogP contribution >= 0.6 is 0 Å². The molecule has 2 N–H and O–H groups in total. The lowest BCUT2D eigenvalue weighted by Crippen LogP contribution is -2.23. The average Bonchev–Trinajstić information content (AvgIpc) is 1.85. The van der Waals surface area contributed by atoms with E-state index in [-0.39, 0.29) is 18.8 Å². The van der Waals surface area contributed by atoms with Crippen molar-refractivity contribution in [3.8, 4) is 0 Å². The molecule has 1 unspecified atom stereocenters. The van der Waals surface area contributed by atoms with E-state index in [2.05, 4.69) is 11.3 Å². The highest BCUT2D eigenvalue weighted by Gasteiger charge is 2.21. The third kappa shape index (κ3) is 4.32. The van der Waals surface area contributed by atoms with Crippen molar-refractivity contribution in [2.24, 2.45) is 0 Å². The van der Waals surface area contributed by atoms with Gasteiger partial charge in [0.05, 0.1) is 0 Å². The van der Waals surface area contributed by atoms with Gasteiger partial charge in [0.25, 0.3) is 10.1 Å². The Morgan fingerprint density at radius 3 is 2.42 bits per heavy atom. The first-order chi connectivity index (χ1) is 5.38. The van der Waals surface area contributed by atoms with Gasteiger partial charge in [-0.15, -0.1) is 0 Å². The second kappa shape index (κ2) is 4.44. The van der Waals surface area contributed by atoms with E-state index in [4.69, 9.17) is 9.66 Å². The van der Waals surface area contributed by atoms with Crippen LogP contribution < -0.4 is 0 Å². The van der Waals surface area contributed by atoms with Gasteiger partial charge >= 0.3 is 0 Å². The zero-order valence-corrected chi connectivity index (χ0v) is 7.54.